The van der Waals surface area contributed by atoms with Gasteiger partial charge in [-0.3, -0.25) is 4.79 Å². The molecule has 0 unspecified atom stereocenters. The molecule has 0 aliphatic heterocycles. The molecular weight excluding hydrogens is 283 g/mol. The number of benzene rings is 2. The van der Waals surface area contributed by atoms with E-state index in [2.05, 4.69) is 10.6 Å². The first kappa shape index (κ1) is 15.8. The molecule has 1 amide bonds. The number of hydrogen-bond acceptors (Lipinski definition) is 3. The molecule has 0 spiro atoms. The van der Waals surface area contributed by atoms with Crippen LogP contribution in [0, 0.1) is 5.82 Å². The average molecular weight is 302 g/mol. The molecule has 0 saturated heterocycles. The Morgan fingerprint density at radius 2 is 1.86 bits per heavy atom. The summed E-state index contributed by atoms with van der Waals surface area (Å²) in [4.78, 5) is 11.8. The molecule has 0 fully saturated rings. The highest BCUT2D eigenvalue weighted by Crippen LogP contribution is 2.22. The van der Waals surface area contributed by atoms with Crippen molar-refractivity contribution in [3.05, 3.63) is 59.9 Å². The number of amides is 1. The van der Waals surface area contributed by atoms with Crippen LogP contribution in [0.4, 0.5) is 10.1 Å². The molecule has 2 rings (SSSR count). The van der Waals surface area contributed by atoms with Crippen LogP contribution < -0.4 is 15.4 Å². The van der Waals surface area contributed by atoms with Crippen LogP contribution in [0.25, 0.3) is 0 Å². The highest BCUT2D eigenvalue weighted by Gasteiger charge is 2.04. The second kappa shape index (κ2) is 8.02. The number of rotatable bonds is 7. The summed E-state index contributed by atoms with van der Waals surface area (Å²) in [6.07, 6.45) is 0.346. The maximum Gasteiger partial charge on any atom is 0.222 e. The number of carbonyl (C=O) groups excluding carboxylic acids is 1. The van der Waals surface area contributed by atoms with Crippen molar-refractivity contribution in [2.75, 3.05) is 19.0 Å². The molecule has 0 saturated carbocycles. The lowest BCUT2D eigenvalue weighted by Crippen LogP contribution is -2.24. The molecule has 2 aromatic carbocycles. The number of para-hydroxylation sites is 2. The molecule has 2 aromatic rings. The first-order valence-electron chi connectivity index (χ1n) is 7.07. The Morgan fingerprint density at radius 1 is 1.14 bits per heavy atom. The quantitative estimate of drug-likeness (QED) is 0.827. The molecular formula is C17H19FN2O2. The van der Waals surface area contributed by atoms with Crippen LogP contribution in [0.15, 0.2) is 48.5 Å². The summed E-state index contributed by atoms with van der Waals surface area (Å²) in [5.41, 5.74) is 1.73. The van der Waals surface area contributed by atoms with E-state index in [9.17, 15) is 9.18 Å². The third kappa shape index (κ3) is 4.77. The van der Waals surface area contributed by atoms with E-state index >= 15 is 0 Å². The van der Waals surface area contributed by atoms with Gasteiger partial charge in [0.2, 0.25) is 5.91 Å². The van der Waals surface area contributed by atoms with Crippen molar-refractivity contribution in [1.29, 1.82) is 0 Å². The summed E-state index contributed by atoms with van der Waals surface area (Å²) in [7, 11) is 1.61. The molecule has 5 heteroatoms. The highest BCUT2D eigenvalue weighted by atomic mass is 19.1. The Kier molecular flexibility index (Phi) is 5.77. The van der Waals surface area contributed by atoms with Gasteiger partial charge in [-0.25, -0.2) is 4.39 Å². The van der Waals surface area contributed by atoms with E-state index in [1.165, 1.54) is 12.1 Å². The Hall–Kier alpha value is -2.56. The van der Waals surface area contributed by atoms with E-state index in [4.69, 9.17) is 4.74 Å². The maximum absolute atomic E-state index is 12.8. The summed E-state index contributed by atoms with van der Waals surface area (Å²) < 4.78 is 18.0. The van der Waals surface area contributed by atoms with Gasteiger partial charge in [0.1, 0.15) is 11.6 Å². The van der Waals surface area contributed by atoms with Crippen molar-refractivity contribution in [2.45, 2.75) is 13.0 Å². The fourth-order valence-corrected chi connectivity index (χ4v) is 1.99. The number of methoxy groups -OCH3 is 1. The number of halogens is 1. The molecule has 0 heterocycles. The molecule has 0 atom stereocenters. The summed E-state index contributed by atoms with van der Waals surface area (Å²) in [6, 6.07) is 13.6. The smallest absolute Gasteiger partial charge is 0.222 e. The number of nitrogens with one attached hydrogen (secondary N) is 2. The number of anilines is 1. The van der Waals surface area contributed by atoms with Crippen molar-refractivity contribution in [2.24, 2.45) is 0 Å². The van der Waals surface area contributed by atoms with Gasteiger partial charge in [-0.1, -0.05) is 24.3 Å². The lowest BCUT2D eigenvalue weighted by atomic mass is 10.2. The third-order valence-corrected chi connectivity index (χ3v) is 3.18. The van der Waals surface area contributed by atoms with Crippen LogP contribution in [0.3, 0.4) is 0 Å². The van der Waals surface area contributed by atoms with Crippen molar-refractivity contribution < 1.29 is 13.9 Å². The van der Waals surface area contributed by atoms with E-state index in [0.29, 0.717) is 19.5 Å². The monoisotopic (exact) mass is 302 g/mol. The largest absolute Gasteiger partial charge is 0.495 e. The van der Waals surface area contributed by atoms with Crippen LogP contribution in [0.2, 0.25) is 0 Å². The van der Waals surface area contributed by atoms with E-state index < -0.39 is 0 Å². The van der Waals surface area contributed by atoms with Crippen molar-refractivity contribution in [3.63, 3.8) is 0 Å². The SMILES string of the molecule is COc1ccccc1NCCC(=O)NCc1ccc(F)cc1. The molecule has 0 bridgehead atoms. The standard InChI is InChI=1S/C17H19FN2O2/c1-22-16-5-3-2-4-15(16)19-11-10-17(21)20-12-13-6-8-14(18)9-7-13/h2-9,19H,10-12H2,1H3,(H,20,21). The number of hydrogen-bond donors (Lipinski definition) is 2. The van der Waals surface area contributed by atoms with Gasteiger partial charge in [-0.05, 0) is 29.8 Å². The molecule has 0 aromatic heterocycles. The topological polar surface area (TPSA) is 50.4 Å². The summed E-state index contributed by atoms with van der Waals surface area (Å²) in [5, 5.41) is 5.97. The Bertz CT molecular complexity index is 614. The predicted molar refractivity (Wildman–Crippen MR) is 84.3 cm³/mol. The first-order chi connectivity index (χ1) is 10.7. The molecule has 22 heavy (non-hydrogen) atoms. The summed E-state index contributed by atoms with van der Waals surface area (Å²) in [6.45, 7) is 0.906. The average Bonchev–Trinajstić information content (AvgIpc) is 2.55. The number of carbonyl (C=O) groups is 1. The maximum atomic E-state index is 12.8. The summed E-state index contributed by atoms with van der Waals surface area (Å²) in [5.74, 6) is 0.400. The van der Waals surface area contributed by atoms with E-state index in [0.717, 1.165) is 17.0 Å². The van der Waals surface area contributed by atoms with Crippen molar-refractivity contribution >= 4 is 11.6 Å². The molecule has 0 radical (unpaired) electrons. The molecule has 0 aliphatic carbocycles. The van der Waals surface area contributed by atoms with Crippen LogP contribution in [-0.4, -0.2) is 19.6 Å². The molecule has 2 N–H and O–H groups in total. The number of ether oxygens (including phenoxy) is 1. The zero-order valence-electron chi connectivity index (χ0n) is 12.4. The van der Waals surface area contributed by atoms with Crippen LogP contribution in [0.1, 0.15) is 12.0 Å². The molecule has 0 aliphatic rings. The van der Waals surface area contributed by atoms with E-state index in [1.807, 2.05) is 24.3 Å². The second-order valence-electron chi connectivity index (χ2n) is 4.78. The zero-order chi connectivity index (χ0) is 15.8. The van der Waals surface area contributed by atoms with Gasteiger partial charge in [0.05, 0.1) is 12.8 Å². The summed E-state index contributed by atoms with van der Waals surface area (Å²) >= 11 is 0. The van der Waals surface area contributed by atoms with E-state index in [-0.39, 0.29) is 11.7 Å². The Morgan fingerprint density at radius 3 is 2.59 bits per heavy atom. The van der Waals surface area contributed by atoms with E-state index in [1.54, 1.807) is 19.2 Å². The minimum atomic E-state index is -0.281. The van der Waals surface area contributed by atoms with Crippen LogP contribution in [0.5, 0.6) is 5.75 Å². The van der Waals surface area contributed by atoms with Crippen LogP contribution >= 0.6 is 0 Å². The minimum Gasteiger partial charge on any atom is -0.495 e. The van der Waals surface area contributed by atoms with Gasteiger partial charge < -0.3 is 15.4 Å². The first-order valence-corrected chi connectivity index (χ1v) is 7.07. The van der Waals surface area contributed by atoms with Crippen molar-refractivity contribution in [1.82, 2.24) is 5.32 Å². The minimum absolute atomic E-state index is 0.0632. The van der Waals surface area contributed by atoms with Gasteiger partial charge in [0, 0.05) is 19.5 Å². The van der Waals surface area contributed by atoms with Gasteiger partial charge >= 0.3 is 0 Å². The zero-order valence-corrected chi connectivity index (χ0v) is 12.4. The highest BCUT2D eigenvalue weighted by molar-refractivity contribution is 5.76. The Labute approximate surface area is 129 Å². The van der Waals surface area contributed by atoms with Gasteiger partial charge in [0.25, 0.3) is 0 Å². The van der Waals surface area contributed by atoms with Gasteiger partial charge in [-0.2, -0.15) is 0 Å². The lowest BCUT2D eigenvalue weighted by Gasteiger charge is -2.11. The lowest BCUT2D eigenvalue weighted by molar-refractivity contribution is -0.121. The van der Waals surface area contributed by atoms with Crippen molar-refractivity contribution in [3.8, 4) is 5.75 Å². The molecule has 4 nitrogen and oxygen atoms in total. The second-order valence-corrected chi connectivity index (χ2v) is 4.78. The normalized spacial score (nSPS) is 10.1. The Balaban J connectivity index is 1.72. The third-order valence-electron chi connectivity index (χ3n) is 3.18. The van der Waals surface area contributed by atoms with Gasteiger partial charge in [-0.15, -0.1) is 0 Å². The fourth-order valence-electron chi connectivity index (χ4n) is 1.99. The van der Waals surface area contributed by atoms with Gasteiger partial charge in [0.15, 0.2) is 0 Å². The van der Waals surface area contributed by atoms with Crippen LogP contribution in [-0.2, 0) is 11.3 Å². The predicted octanol–water partition coefficient (Wildman–Crippen LogP) is 2.95. The fraction of sp³-hybridized carbons (Fsp3) is 0.235. The molecule has 116 valence electrons.